The number of aryl methyl sites for hydroxylation is 1. The van der Waals surface area contributed by atoms with Gasteiger partial charge in [0.15, 0.2) is 11.2 Å². The highest BCUT2D eigenvalue weighted by molar-refractivity contribution is 5.87. The summed E-state index contributed by atoms with van der Waals surface area (Å²) >= 11 is 0. The lowest BCUT2D eigenvalue weighted by atomic mass is 10.1. The Labute approximate surface area is 203 Å². The molecule has 3 aromatic rings. The molecule has 2 aliphatic rings. The fraction of sp³-hybridized carbons (Fsp3) is 0.440. The quantitative estimate of drug-likeness (QED) is 0.566. The lowest BCUT2D eigenvalue weighted by Gasteiger charge is -2.31. The highest BCUT2D eigenvalue weighted by atomic mass is 16.2. The molecule has 10 heteroatoms. The molecule has 1 fully saturated rings. The van der Waals surface area contributed by atoms with Gasteiger partial charge in [0.1, 0.15) is 5.84 Å². The number of fused-ring (bicyclic) bond motifs is 2. The smallest absolute Gasteiger partial charge is 0.332 e. The molecule has 4 heterocycles. The molecule has 35 heavy (non-hydrogen) atoms. The second-order valence-electron chi connectivity index (χ2n) is 9.19. The Hall–Kier alpha value is -3.84. The number of aromatic nitrogens is 4. The minimum atomic E-state index is -0.425. The molecule has 2 aliphatic heterocycles. The first-order valence-corrected chi connectivity index (χ1v) is 11.9. The van der Waals surface area contributed by atoms with Gasteiger partial charge in [0.05, 0.1) is 18.8 Å². The van der Waals surface area contributed by atoms with E-state index in [0.29, 0.717) is 42.6 Å². The van der Waals surface area contributed by atoms with Crippen LogP contribution in [0.1, 0.15) is 25.3 Å². The third-order valence-corrected chi connectivity index (χ3v) is 6.76. The van der Waals surface area contributed by atoms with E-state index in [1.165, 1.54) is 9.13 Å². The van der Waals surface area contributed by atoms with Crippen LogP contribution in [0.25, 0.3) is 11.2 Å². The molecular formula is C25H30N8O2. The number of aliphatic imine (C=N–C) groups is 1. The summed E-state index contributed by atoms with van der Waals surface area (Å²) in [7, 11) is 3.57. The number of nitrogens with zero attached hydrogens (tertiary/aromatic N) is 7. The molecule has 0 radical (unpaired) electrons. The number of benzene rings is 1. The van der Waals surface area contributed by atoms with Crippen LogP contribution in [-0.2, 0) is 26.7 Å². The van der Waals surface area contributed by atoms with Crippen LogP contribution < -0.4 is 21.9 Å². The molecule has 2 aromatic heterocycles. The van der Waals surface area contributed by atoms with Crippen LogP contribution in [0.2, 0.25) is 0 Å². The molecular weight excluding hydrogens is 444 g/mol. The molecule has 0 bridgehead atoms. The third-order valence-electron chi connectivity index (χ3n) is 6.76. The van der Waals surface area contributed by atoms with Gasteiger partial charge in [0, 0.05) is 39.8 Å². The van der Waals surface area contributed by atoms with Crippen LogP contribution in [0, 0.1) is 11.8 Å². The lowest BCUT2D eigenvalue weighted by molar-refractivity contribution is 0.469. The van der Waals surface area contributed by atoms with Gasteiger partial charge in [-0.05, 0) is 31.4 Å². The Balaban J connectivity index is 1.66. The number of hydrogen-bond acceptors (Lipinski definition) is 7. The van der Waals surface area contributed by atoms with Crippen LogP contribution in [0.5, 0.6) is 0 Å². The zero-order valence-electron chi connectivity index (χ0n) is 20.4. The van der Waals surface area contributed by atoms with Gasteiger partial charge in [-0.25, -0.2) is 9.79 Å². The number of nitrogens with two attached hydrogens (primary N) is 1. The minimum absolute atomic E-state index is 0.0393. The maximum atomic E-state index is 13.8. The van der Waals surface area contributed by atoms with Crippen LogP contribution >= 0.6 is 0 Å². The van der Waals surface area contributed by atoms with Crippen molar-refractivity contribution in [3.8, 4) is 11.8 Å². The summed E-state index contributed by atoms with van der Waals surface area (Å²) in [6.45, 7) is 4.23. The minimum Gasteiger partial charge on any atom is -0.357 e. The Bertz CT molecular complexity index is 1500. The number of hydrogen-bond donors (Lipinski definition) is 1. The number of amidine groups is 1. The fourth-order valence-corrected chi connectivity index (χ4v) is 4.86. The van der Waals surface area contributed by atoms with Crippen LogP contribution in [0.3, 0.4) is 0 Å². The number of imidazole rings is 1. The molecule has 182 valence electrons. The second kappa shape index (κ2) is 9.07. The molecule has 0 unspecified atom stereocenters. The van der Waals surface area contributed by atoms with E-state index in [4.69, 9.17) is 15.7 Å². The molecule has 1 saturated heterocycles. The summed E-state index contributed by atoms with van der Waals surface area (Å²) in [5.41, 5.74) is 8.09. The number of para-hydroxylation sites is 1. The number of rotatable bonds is 4. The maximum absolute atomic E-state index is 13.8. The average molecular weight is 475 g/mol. The summed E-state index contributed by atoms with van der Waals surface area (Å²) in [6, 6.07) is 7.93. The maximum Gasteiger partial charge on any atom is 0.332 e. The van der Waals surface area contributed by atoms with E-state index in [0.717, 1.165) is 30.6 Å². The monoisotopic (exact) mass is 474 g/mol. The van der Waals surface area contributed by atoms with E-state index in [1.807, 2.05) is 40.8 Å². The average Bonchev–Trinajstić information content (AvgIpc) is 3.24. The first-order valence-electron chi connectivity index (χ1n) is 11.9. The van der Waals surface area contributed by atoms with Crippen LogP contribution in [0.4, 0.5) is 11.6 Å². The van der Waals surface area contributed by atoms with Gasteiger partial charge < -0.3 is 15.5 Å². The van der Waals surface area contributed by atoms with Crippen molar-refractivity contribution in [3.63, 3.8) is 0 Å². The number of piperidine rings is 1. The van der Waals surface area contributed by atoms with Crippen molar-refractivity contribution in [2.45, 2.75) is 45.4 Å². The fourth-order valence-electron chi connectivity index (χ4n) is 4.86. The van der Waals surface area contributed by atoms with Crippen molar-refractivity contribution in [1.29, 1.82) is 0 Å². The Morgan fingerprint density at radius 2 is 1.97 bits per heavy atom. The zero-order valence-corrected chi connectivity index (χ0v) is 20.4. The zero-order chi connectivity index (χ0) is 24.7. The molecule has 1 aromatic carbocycles. The van der Waals surface area contributed by atoms with Gasteiger partial charge in [-0.1, -0.05) is 24.1 Å². The Morgan fingerprint density at radius 3 is 2.74 bits per heavy atom. The summed E-state index contributed by atoms with van der Waals surface area (Å²) in [5.74, 6) is 7.25. The standard InChI is InChI=1S/C25H30N8O2/c1-4-5-13-32-21-22(28-24(32)31-12-8-10-18(26)15-31)30(3)25(35)33(23(21)34)16-20-27-19-11-7-6-9-17(19)14-29(20)2/h6-7,9,11,18H,8,10,12-16,26H2,1-3H3/t18-/m1/s1. The molecule has 0 aliphatic carbocycles. The molecule has 0 saturated carbocycles. The van der Waals surface area contributed by atoms with E-state index in [9.17, 15) is 9.59 Å². The van der Waals surface area contributed by atoms with Gasteiger partial charge in [-0.15, -0.1) is 5.92 Å². The largest absolute Gasteiger partial charge is 0.357 e. The first kappa shape index (κ1) is 22.9. The van der Waals surface area contributed by atoms with E-state index >= 15 is 0 Å². The summed E-state index contributed by atoms with van der Waals surface area (Å²) in [6.07, 6.45) is 1.90. The highest BCUT2D eigenvalue weighted by Crippen LogP contribution is 2.26. The van der Waals surface area contributed by atoms with Gasteiger partial charge in [-0.3, -0.25) is 18.5 Å². The second-order valence-corrected chi connectivity index (χ2v) is 9.19. The van der Waals surface area contributed by atoms with Gasteiger partial charge in [0.2, 0.25) is 5.95 Å². The van der Waals surface area contributed by atoms with E-state index < -0.39 is 11.2 Å². The van der Waals surface area contributed by atoms with E-state index in [1.54, 1.807) is 14.0 Å². The van der Waals surface area contributed by atoms with Crippen molar-refractivity contribution in [1.82, 2.24) is 23.6 Å². The number of likely N-dealkylation sites (N-methyl/N-ethyl adjacent to an activating group) is 1. The summed E-state index contributed by atoms with van der Waals surface area (Å²) in [4.78, 5) is 40.7. The van der Waals surface area contributed by atoms with Gasteiger partial charge >= 0.3 is 5.69 Å². The topological polar surface area (TPSA) is 107 Å². The number of anilines is 1. The normalized spacial score (nSPS) is 17.7. The first-order chi connectivity index (χ1) is 16.9. The van der Waals surface area contributed by atoms with Crippen molar-refractivity contribution in [2.75, 3.05) is 25.0 Å². The van der Waals surface area contributed by atoms with Gasteiger partial charge in [0.25, 0.3) is 5.56 Å². The molecule has 2 N–H and O–H groups in total. The van der Waals surface area contributed by atoms with E-state index in [2.05, 4.69) is 16.7 Å². The molecule has 5 rings (SSSR count). The Kier molecular flexibility index (Phi) is 5.94. The molecule has 1 atom stereocenters. The predicted molar refractivity (Wildman–Crippen MR) is 137 cm³/mol. The summed E-state index contributed by atoms with van der Waals surface area (Å²) < 4.78 is 4.51. The lowest BCUT2D eigenvalue weighted by Crippen LogP contribution is -2.44. The van der Waals surface area contributed by atoms with Crippen LogP contribution in [-0.4, -0.2) is 55.6 Å². The van der Waals surface area contributed by atoms with Crippen molar-refractivity contribution < 1.29 is 0 Å². The highest BCUT2D eigenvalue weighted by Gasteiger charge is 2.27. The van der Waals surface area contributed by atoms with Crippen molar-refractivity contribution in [3.05, 3.63) is 50.7 Å². The SMILES string of the molecule is CC#CCn1c(N2CCC[C@@H](N)C2)nc2c1c(=O)n(CC1=Nc3ccccc3CN1C)c(=O)n2C. The molecule has 0 spiro atoms. The van der Waals surface area contributed by atoms with Gasteiger partial charge in [-0.2, -0.15) is 4.98 Å². The summed E-state index contributed by atoms with van der Waals surface area (Å²) in [5, 5.41) is 0. The molecule has 0 amide bonds. The van der Waals surface area contributed by atoms with Crippen molar-refractivity contribution >= 4 is 28.6 Å². The Morgan fingerprint density at radius 1 is 1.17 bits per heavy atom. The van der Waals surface area contributed by atoms with Crippen molar-refractivity contribution in [2.24, 2.45) is 17.8 Å². The van der Waals surface area contributed by atoms with E-state index in [-0.39, 0.29) is 12.6 Å². The third kappa shape index (κ3) is 4.02. The molecule has 10 nitrogen and oxygen atoms in total. The van der Waals surface area contributed by atoms with Crippen LogP contribution in [0.15, 0.2) is 38.8 Å². The predicted octanol–water partition coefficient (Wildman–Crippen LogP) is 1.02.